The number of aromatic nitrogens is 3. The first-order valence-electron chi connectivity index (χ1n) is 12.3. The summed E-state index contributed by atoms with van der Waals surface area (Å²) in [5.74, 6) is -0.739. The van der Waals surface area contributed by atoms with Crippen molar-refractivity contribution in [2.45, 2.75) is 13.0 Å². The lowest BCUT2D eigenvalue weighted by Crippen LogP contribution is -2.41. The number of amides is 1. The highest BCUT2D eigenvalue weighted by atomic mass is 19.1. The number of methoxy groups -OCH3 is 1. The van der Waals surface area contributed by atoms with Gasteiger partial charge in [-0.25, -0.2) is 14.4 Å². The molecule has 1 amide bonds. The minimum Gasteiger partial charge on any atom is -0.496 e. The zero-order valence-electron chi connectivity index (χ0n) is 21.4. The molecular formula is C29H25FN6O3. The Kier molecular flexibility index (Phi) is 7.43. The van der Waals surface area contributed by atoms with Crippen LogP contribution < -0.4 is 15.0 Å². The van der Waals surface area contributed by atoms with Crippen LogP contribution in [0.2, 0.25) is 0 Å². The molecular weight excluding hydrogens is 499 g/mol. The Bertz CT molecular complexity index is 1570. The average molecular weight is 525 g/mol. The van der Waals surface area contributed by atoms with Crippen molar-refractivity contribution in [2.24, 2.45) is 0 Å². The van der Waals surface area contributed by atoms with Gasteiger partial charge in [-0.1, -0.05) is 12.1 Å². The van der Waals surface area contributed by atoms with E-state index in [1.807, 2.05) is 19.1 Å². The number of morpholine rings is 1. The number of halogens is 1. The quantitative estimate of drug-likeness (QED) is 0.386. The number of hydrogen-bond acceptors (Lipinski definition) is 8. The molecule has 2 aromatic carbocycles. The van der Waals surface area contributed by atoms with Crippen LogP contribution in [0.15, 0.2) is 67.1 Å². The number of carbonyl (C=O) groups is 1. The van der Waals surface area contributed by atoms with Crippen LogP contribution in [0.4, 0.5) is 15.8 Å². The van der Waals surface area contributed by atoms with Crippen molar-refractivity contribution in [3.8, 4) is 34.3 Å². The second-order valence-corrected chi connectivity index (χ2v) is 8.93. The molecule has 2 aromatic heterocycles. The maximum absolute atomic E-state index is 14.6. The number of anilines is 2. The molecule has 0 bridgehead atoms. The third-order valence-corrected chi connectivity index (χ3v) is 6.39. The average Bonchev–Trinajstić information content (AvgIpc) is 2.97. The van der Waals surface area contributed by atoms with Crippen LogP contribution in [-0.2, 0) is 4.74 Å². The van der Waals surface area contributed by atoms with Crippen molar-refractivity contribution in [3.63, 3.8) is 0 Å². The van der Waals surface area contributed by atoms with Crippen LogP contribution in [0.5, 0.6) is 5.75 Å². The van der Waals surface area contributed by atoms with Crippen molar-refractivity contribution in [1.29, 1.82) is 5.26 Å². The van der Waals surface area contributed by atoms with Gasteiger partial charge in [-0.2, -0.15) is 5.26 Å². The Morgan fingerprint density at radius 3 is 2.90 bits per heavy atom. The van der Waals surface area contributed by atoms with E-state index in [9.17, 15) is 14.4 Å². The molecule has 0 radical (unpaired) electrons. The molecule has 1 aliphatic rings. The third-order valence-electron chi connectivity index (χ3n) is 6.39. The largest absolute Gasteiger partial charge is 0.496 e. The lowest BCUT2D eigenvalue weighted by molar-refractivity contribution is 0.0533. The van der Waals surface area contributed by atoms with Gasteiger partial charge in [0.1, 0.15) is 17.3 Å². The summed E-state index contributed by atoms with van der Waals surface area (Å²) in [6, 6.07) is 15.3. The molecule has 196 valence electrons. The summed E-state index contributed by atoms with van der Waals surface area (Å²) in [4.78, 5) is 28.2. The molecule has 9 nitrogen and oxygen atoms in total. The molecule has 1 fully saturated rings. The lowest BCUT2D eigenvalue weighted by atomic mass is 10.0. The van der Waals surface area contributed by atoms with Crippen molar-refractivity contribution in [2.75, 3.05) is 37.0 Å². The highest BCUT2D eigenvalue weighted by molar-refractivity contribution is 6.05. The Morgan fingerprint density at radius 1 is 1.23 bits per heavy atom. The van der Waals surface area contributed by atoms with Crippen molar-refractivity contribution in [3.05, 3.63) is 84.2 Å². The summed E-state index contributed by atoms with van der Waals surface area (Å²) >= 11 is 0. The fourth-order valence-electron chi connectivity index (χ4n) is 4.51. The highest BCUT2D eigenvalue weighted by Gasteiger charge is 2.23. The number of pyridine rings is 1. The van der Waals surface area contributed by atoms with Gasteiger partial charge in [-0.15, -0.1) is 0 Å². The molecule has 0 unspecified atom stereocenters. The van der Waals surface area contributed by atoms with Crippen LogP contribution >= 0.6 is 0 Å². The number of hydrogen-bond donors (Lipinski definition) is 1. The van der Waals surface area contributed by atoms with E-state index in [1.165, 1.54) is 31.5 Å². The number of rotatable bonds is 6. The van der Waals surface area contributed by atoms with Crippen molar-refractivity contribution < 1.29 is 18.7 Å². The van der Waals surface area contributed by atoms with Gasteiger partial charge in [0.15, 0.2) is 5.82 Å². The zero-order chi connectivity index (χ0) is 27.4. The fourth-order valence-corrected chi connectivity index (χ4v) is 4.51. The number of nitrogens with one attached hydrogen (secondary N) is 1. The van der Waals surface area contributed by atoms with Crippen LogP contribution in [0.25, 0.3) is 22.5 Å². The van der Waals surface area contributed by atoms with Gasteiger partial charge >= 0.3 is 0 Å². The van der Waals surface area contributed by atoms with E-state index in [1.54, 1.807) is 30.6 Å². The molecule has 3 heterocycles. The molecule has 10 heteroatoms. The molecule has 1 aliphatic heterocycles. The highest BCUT2D eigenvalue weighted by Crippen LogP contribution is 2.35. The summed E-state index contributed by atoms with van der Waals surface area (Å²) in [6.07, 6.45) is 4.63. The second-order valence-electron chi connectivity index (χ2n) is 8.93. The molecule has 39 heavy (non-hydrogen) atoms. The van der Waals surface area contributed by atoms with Crippen molar-refractivity contribution in [1.82, 2.24) is 15.0 Å². The fraction of sp³-hybridized carbons (Fsp3) is 0.207. The SMILES string of the molecule is COc1cccc(F)c1-c1nccc(C(=O)Nc2ccc(-c3cnccc3C#N)cc2N2CCO[C@@H](C)C2)n1. The molecule has 1 atom stereocenters. The van der Waals surface area contributed by atoms with Gasteiger partial charge in [0.25, 0.3) is 5.91 Å². The summed E-state index contributed by atoms with van der Waals surface area (Å²) in [7, 11) is 1.43. The molecule has 0 aliphatic carbocycles. The number of nitriles is 1. The molecule has 4 aromatic rings. The Morgan fingerprint density at radius 2 is 2.10 bits per heavy atom. The van der Waals surface area contributed by atoms with Gasteiger partial charge in [-0.05, 0) is 48.9 Å². The molecule has 5 rings (SSSR count). The molecule has 0 spiro atoms. The Hall–Kier alpha value is -4.88. The Labute approximate surface area is 224 Å². The zero-order valence-corrected chi connectivity index (χ0v) is 21.4. The standard InChI is InChI=1S/C29H25FN6O3/c1-18-17-36(12-13-39-18)25-14-19(21-16-32-10-8-20(21)15-31)6-7-23(25)35-29(37)24-9-11-33-28(34-24)27-22(30)4-3-5-26(27)38-2/h3-11,14,16,18H,12-13,17H2,1-2H3,(H,35,37)/t18-/m0/s1. The summed E-state index contributed by atoms with van der Waals surface area (Å²) in [6.45, 7) is 3.77. The number of nitrogens with zero attached hydrogens (tertiary/aromatic N) is 5. The van der Waals surface area contributed by atoms with E-state index in [-0.39, 0.29) is 28.9 Å². The molecule has 0 saturated carbocycles. The van der Waals surface area contributed by atoms with E-state index >= 15 is 0 Å². The predicted octanol–water partition coefficient (Wildman–Crippen LogP) is 4.70. The topological polar surface area (TPSA) is 113 Å². The number of ether oxygens (including phenoxy) is 2. The van der Waals surface area contributed by atoms with E-state index in [0.29, 0.717) is 36.5 Å². The van der Waals surface area contributed by atoms with Crippen molar-refractivity contribution >= 4 is 17.3 Å². The first kappa shape index (κ1) is 25.8. The summed E-state index contributed by atoms with van der Waals surface area (Å²) < 4.78 is 25.6. The van der Waals surface area contributed by atoms with E-state index in [2.05, 4.69) is 31.2 Å². The predicted molar refractivity (Wildman–Crippen MR) is 144 cm³/mol. The molecule has 1 N–H and O–H groups in total. The van der Waals surface area contributed by atoms with E-state index < -0.39 is 11.7 Å². The lowest BCUT2D eigenvalue weighted by Gasteiger charge is -2.34. The second kappa shape index (κ2) is 11.2. The van der Waals surface area contributed by atoms with Crippen LogP contribution in [0, 0.1) is 17.1 Å². The normalized spacial score (nSPS) is 14.9. The minimum atomic E-state index is -0.557. The smallest absolute Gasteiger partial charge is 0.274 e. The minimum absolute atomic E-state index is 0.000749. The van der Waals surface area contributed by atoms with E-state index in [4.69, 9.17) is 9.47 Å². The third kappa shape index (κ3) is 5.39. The number of carbonyl (C=O) groups excluding carboxylic acids is 1. The first-order chi connectivity index (χ1) is 19.0. The van der Waals surface area contributed by atoms with Gasteiger partial charge < -0.3 is 19.7 Å². The van der Waals surface area contributed by atoms with Gasteiger partial charge in [0.05, 0.1) is 48.4 Å². The van der Waals surface area contributed by atoms with Gasteiger partial charge in [0, 0.05) is 37.2 Å². The first-order valence-corrected chi connectivity index (χ1v) is 12.3. The summed E-state index contributed by atoms with van der Waals surface area (Å²) in [5.41, 5.74) is 3.46. The monoisotopic (exact) mass is 524 g/mol. The molecule has 1 saturated heterocycles. The van der Waals surface area contributed by atoms with Crippen LogP contribution in [0.1, 0.15) is 23.0 Å². The van der Waals surface area contributed by atoms with Crippen LogP contribution in [0.3, 0.4) is 0 Å². The number of benzene rings is 2. The van der Waals surface area contributed by atoms with Gasteiger partial charge in [-0.3, -0.25) is 9.78 Å². The Balaban J connectivity index is 1.51. The van der Waals surface area contributed by atoms with Gasteiger partial charge in [0.2, 0.25) is 0 Å². The van der Waals surface area contributed by atoms with Crippen LogP contribution in [-0.4, -0.2) is 53.8 Å². The maximum atomic E-state index is 14.6. The summed E-state index contributed by atoms with van der Waals surface area (Å²) in [5, 5.41) is 12.5. The van der Waals surface area contributed by atoms with E-state index in [0.717, 1.165) is 11.3 Å². The maximum Gasteiger partial charge on any atom is 0.274 e.